The van der Waals surface area contributed by atoms with Crippen LogP contribution in [0.15, 0.2) is 24.5 Å². The zero-order valence-electron chi connectivity index (χ0n) is 10.4. The summed E-state index contributed by atoms with van der Waals surface area (Å²) in [5.41, 5.74) is 0.623. The van der Waals surface area contributed by atoms with Crippen molar-refractivity contribution in [2.24, 2.45) is 0 Å². The third-order valence-electron chi connectivity index (χ3n) is 2.65. The van der Waals surface area contributed by atoms with Gasteiger partial charge < -0.3 is 5.11 Å². The predicted molar refractivity (Wildman–Crippen MR) is 57.8 cm³/mol. The second-order valence-corrected chi connectivity index (χ2v) is 4.32. The van der Waals surface area contributed by atoms with Gasteiger partial charge in [-0.2, -0.15) is 13.2 Å². The van der Waals surface area contributed by atoms with Crippen molar-refractivity contribution in [1.82, 2.24) is 0 Å². The van der Waals surface area contributed by atoms with Crippen LogP contribution in [0.5, 0.6) is 0 Å². The fourth-order valence-electron chi connectivity index (χ4n) is 1.59. The topological polar surface area (TPSA) is 24.1 Å². The molecule has 2 nitrogen and oxygen atoms in total. The molecule has 1 rings (SSSR count). The van der Waals surface area contributed by atoms with Crippen molar-refractivity contribution in [3.8, 4) is 0 Å². The van der Waals surface area contributed by atoms with E-state index in [0.29, 0.717) is 18.4 Å². The summed E-state index contributed by atoms with van der Waals surface area (Å²) in [6.45, 7) is -0.0663. The van der Waals surface area contributed by atoms with E-state index in [4.69, 9.17) is 5.11 Å². The molecule has 1 aromatic heterocycles. The summed E-state index contributed by atoms with van der Waals surface area (Å²) in [6.07, 6.45) is -8.03. The Hall–Kier alpha value is -1.31. The number of nitrogens with zero attached hydrogens (tertiary/aromatic N) is 1. The van der Waals surface area contributed by atoms with E-state index in [2.05, 4.69) is 0 Å². The predicted octanol–water partition coefficient (Wildman–Crippen LogP) is 2.74. The van der Waals surface area contributed by atoms with Gasteiger partial charge in [-0.1, -0.05) is 0 Å². The van der Waals surface area contributed by atoms with Crippen LogP contribution in [0.1, 0.15) is 18.4 Å². The van der Waals surface area contributed by atoms with Gasteiger partial charge >= 0.3 is 12.2 Å². The molecule has 0 fully saturated rings. The number of hydrogen-bond acceptors (Lipinski definition) is 1. The van der Waals surface area contributed by atoms with E-state index in [9.17, 15) is 26.3 Å². The fourth-order valence-corrected chi connectivity index (χ4v) is 1.59. The minimum absolute atomic E-state index is 0.0663. The largest absolute Gasteiger partial charge is 0.493 e. The van der Waals surface area contributed by atoms with E-state index >= 15 is 0 Å². The highest BCUT2D eigenvalue weighted by Gasteiger charge is 2.54. The maximum Gasteiger partial charge on any atom is 0.493 e. The normalized spacial score (nSPS) is 14.3. The SMILES string of the molecule is OCCCc1cc[n+](C(F)(F)C(F)CC(F)(F)F)cc1. The number of pyridine rings is 1. The lowest BCUT2D eigenvalue weighted by molar-refractivity contribution is -0.830. The third kappa shape index (κ3) is 4.66. The summed E-state index contributed by atoms with van der Waals surface area (Å²) in [7, 11) is 0. The van der Waals surface area contributed by atoms with Gasteiger partial charge in [-0.3, -0.25) is 0 Å². The Kier molecular flexibility index (Phi) is 5.38. The molecule has 0 aliphatic carbocycles. The minimum atomic E-state index is -5.00. The Morgan fingerprint density at radius 3 is 2.10 bits per heavy atom. The molecular formula is C12H14F6NO+. The van der Waals surface area contributed by atoms with Crippen LogP contribution in [-0.2, 0) is 12.5 Å². The van der Waals surface area contributed by atoms with Gasteiger partial charge in [0.25, 0.3) is 0 Å². The lowest BCUT2D eigenvalue weighted by atomic mass is 10.1. The second kappa shape index (κ2) is 6.43. The summed E-state index contributed by atoms with van der Waals surface area (Å²) in [5, 5.41) is 8.61. The number of rotatable bonds is 6. The van der Waals surface area contributed by atoms with E-state index in [1.54, 1.807) is 0 Å². The molecule has 1 N–H and O–H groups in total. The van der Waals surface area contributed by atoms with Gasteiger partial charge in [0, 0.05) is 18.7 Å². The number of alkyl halides is 6. The monoisotopic (exact) mass is 302 g/mol. The van der Waals surface area contributed by atoms with Crippen LogP contribution in [0.4, 0.5) is 26.3 Å². The Bertz CT molecular complexity index is 417. The van der Waals surface area contributed by atoms with Crippen molar-refractivity contribution >= 4 is 0 Å². The molecule has 0 amide bonds. The minimum Gasteiger partial charge on any atom is -0.396 e. The lowest BCUT2D eigenvalue weighted by Gasteiger charge is -2.16. The highest BCUT2D eigenvalue weighted by Crippen LogP contribution is 2.31. The van der Waals surface area contributed by atoms with Crippen LogP contribution in [0, 0.1) is 0 Å². The third-order valence-corrected chi connectivity index (χ3v) is 2.65. The molecule has 1 atom stereocenters. The van der Waals surface area contributed by atoms with E-state index in [1.807, 2.05) is 0 Å². The fraction of sp³-hybridized carbons (Fsp3) is 0.583. The van der Waals surface area contributed by atoms with Crippen LogP contribution < -0.4 is 4.57 Å². The van der Waals surface area contributed by atoms with Crippen LogP contribution in [0.3, 0.4) is 0 Å². The molecule has 0 saturated carbocycles. The molecule has 114 valence electrons. The van der Waals surface area contributed by atoms with Gasteiger partial charge in [0.05, 0.1) is 6.42 Å². The second-order valence-electron chi connectivity index (χ2n) is 4.32. The highest BCUT2D eigenvalue weighted by molar-refractivity contribution is 5.07. The maximum absolute atomic E-state index is 13.5. The van der Waals surface area contributed by atoms with E-state index < -0.39 is 24.8 Å². The van der Waals surface area contributed by atoms with E-state index in [-0.39, 0.29) is 11.2 Å². The first-order valence-electron chi connectivity index (χ1n) is 5.87. The van der Waals surface area contributed by atoms with Gasteiger partial charge in [-0.25, -0.2) is 4.39 Å². The molecule has 8 heteroatoms. The van der Waals surface area contributed by atoms with Crippen molar-refractivity contribution in [2.75, 3.05) is 6.61 Å². The molecular weight excluding hydrogens is 288 g/mol. The molecule has 1 unspecified atom stereocenters. The Labute approximate surface area is 111 Å². The molecule has 0 bridgehead atoms. The summed E-state index contributed by atoms with van der Waals surface area (Å²) >= 11 is 0. The number of aromatic nitrogens is 1. The first-order chi connectivity index (χ1) is 9.16. The van der Waals surface area contributed by atoms with Crippen LogP contribution in [-0.4, -0.2) is 24.1 Å². The average molecular weight is 302 g/mol. The quantitative estimate of drug-likeness (QED) is 0.634. The number of halogens is 6. The Balaban J connectivity index is 2.81. The lowest BCUT2D eigenvalue weighted by Crippen LogP contribution is -2.56. The Morgan fingerprint density at radius 2 is 1.65 bits per heavy atom. The zero-order chi connectivity index (χ0) is 15.4. The van der Waals surface area contributed by atoms with Crippen molar-refractivity contribution in [3.63, 3.8) is 0 Å². The molecule has 0 saturated heterocycles. The van der Waals surface area contributed by atoms with Crippen molar-refractivity contribution in [2.45, 2.75) is 37.7 Å². The molecule has 0 radical (unpaired) electrons. The molecule has 1 heterocycles. The van der Waals surface area contributed by atoms with Crippen molar-refractivity contribution < 1.29 is 36.0 Å². The number of aliphatic hydroxyl groups is 1. The average Bonchev–Trinajstić information content (AvgIpc) is 2.34. The smallest absolute Gasteiger partial charge is 0.396 e. The van der Waals surface area contributed by atoms with Gasteiger partial charge in [0.15, 0.2) is 12.4 Å². The molecule has 0 aromatic carbocycles. The molecule has 0 spiro atoms. The first-order valence-corrected chi connectivity index (χ1v) is 5.87. The number of aryl methyl sites for hydroxylation is 1. The molecule has 1 aromatic rings. The Morgan fingerprint density at radius 1 is 1.10 bits per heavy atom. The summed E-state index contributed by atoms with van der Waals surface area (Å²) in [5.74, 6) is 0. The highest BCUT2D eigenvalue weighted by atomic mass is 19.4. The van der Waals surface area contributed by atoms with Crippen molar-refractivity contribution in [3.05, 3.63) is 30.1 Å². The number of hydrogen-bond donors (Lipinski definition) is 1. The molecule has 0 aliphatic rings. The van der Waals surface area contributed by atoms with Crippen LogP contribution in [0.2, 0.25) is 0 Å². The van der Waals surface area contributed by atoms with Gasteiger partial charge in [0.2, 0.25) is 6.17 Å². The van der Waals surface area contributed by atoms with Crippen LogP contribution in [0.25, 0.3) is 0 Å². The summed E-state index contributed by atoms with van der Waals surface area (Å²) < 4.78 is 76.1. The van der Waals surface area contributed by atoms with Gasteiger partial charge in [0.1, 0.15) is 0 Å². The first kappa shape index (κ1) is 16.7. The number of aliphatic hydroxyl groups excluding tert-OH is 1. The van der Waals surface area contributed by atoms with Crippen molar-refractivity contribution in [1.29, 1.82) is 0 Å². The standard InChI is InChI=1S/C12H14F6NO/c13-10(8-11(14,15)16)12(17,18)19-5-3-9(4-6-19)2-1-7-20/h3-6,10,20H,1-2,7-8H2/q+1. The summed E-state index contributed by atoms with van der Waals surface area (Å²) in [6, 6.07) is -1.77. The zero-order valence-corrected chi connectivity index (χ0v) is 10.4. The summed E-state index contributed by atoms with van der Waals surface area (Å²) in [4.78, 5) is 0. The van der Waals surface area contributed by atoms with Gasteiger partial charge in [-0.15, -0.1) is 13.3 Å². The van der Waals surface area contributed by atoms with E-state index in [1.165, 1.54) is 12.1 Å². The molecule has 0 aliphatic heterocycles. The van der Waals surface area contributed by atoms with Gasteiger partial charge in [-0.05, 0) is 18.4 Å². The van der Waals surface area contributed by atoms with E-state index in [0.717, 1.165) is 12.4 Å². The van der Waals surface area contributed by atoms with Crippen LogP contribution >= 0.6 is 0 Å². The molecule has 20 heavy (non-hydrogen) atoms. The maximum atomic E-state index is 13.5.